The molecule has 9 heteroatoms. The molecule has 0 spiro atoms. The van der Waals surface area contributed by atoms with Crippen molar-refractivity contribution < 1.29 is 24.4 Å². The van der Waals surface area contributed by atoms with Gasteiger partial charge in [0.15, 0.2) is 0 Å². The highest BCUT2D eigenvalue weighted by Gasteiger charge is 2.17. The van der Waals surface area contributed by atoms with Crippen LogP contribution in [0.1, 0.15) is 54.2 Å². The Hall–Kier alpha value is -2.90. The van der Waals surface area contributed by atoms with Crippen molar-refractivity contribution in [1.82, 2.24) is 0 Å². The summed E-state index contributed by atoms with van der Waals surface area (Å²) < 4.78 is 5.28. The number of aryl methyl sites for hydroxylation is 1. The number of carbonyl (C=O) groups is 2. The fourth-order valence-corrected chi connectivity index (χ4v) is 3.39. The Morgan fingerprint density at radius 1 is 1.13 bits per heavy atom. The summed E-state index contributed by atoms with van der Waals surface area (Å²) in [5.74, 6) is -1.59. The van der Waals surface area contributed by atoms with Gasteiger partial charge in [-0.1, -0.05) is 29.3 Å². The molecule has 0 heterocycles. The van der Waals surface area contributed by atoms with Crippen molar-refractivity contribution in [2.75, 3.05) is 0 Å². The van der Waals surface area contributed by atoms with E-state index in [1.54, 1.807) is 32.9 Å². The second-order valence-electron chi connectivity index (χ2n) is 7.73. The topological polar surface area (TPSA) is 107 Å². The average molecular weight is 466 g/mol. The van der Waals surface area contributed by atoms with Gasteiger partial charge >= 0.3 is 11.9 Å². The van der Waals surface area contributed by atoms with Crippen molar-refractivity contribution in [3.05, 3.63) is 72.7 Å². The van der Waals surface area contributed by atoms with E-state index in [-0.39, 0.29) is 29.2 Å². The molecule has 7 nitrogen and oxygen atoms in total. The number of benzene rings is 2. The number of ether oxygens (including phenoxy) is 1. The third-order valence-electron chi connectivity index (χ3n) is 4.08. The fourth-order valence-electron chi connectivity index (χ4n) is 2.73. The molecule has 0 aliphatic heterocycles. The van der Waals surface area contributed by atoms with Gasteiger partial charge in [0.2, 0.25) is 0 Å². The van der Waals surface area contributed by atoms with Gasteiger partial charge in [-0.25, -0.2) is 4.79 Å². The zero-order valence-corrected chi connectivity index (χ0v) is 18.7. The van der Waals surface area contributed by atoms with Crippen LogP contribution in [-0.2, 0) is 16.0 Å². The lowest BCUT2D eigenvalue weighted by atomic mass is 10.0. The van der Waals surface area contributed by atoms with Crippen LogP contribution in [0, 0.1) is 10.1 Å². The minimum Gasteiger partial charge on any atom is -0.478 e. The molecular weight excluding hydrogens is 445 g/mol. The maximum absolute atomic E-state index is 11.9. The van der Waals surface area contributed by atoms with Crippen LogP contribution < -0.4 is 0 Å². The van der Waals surface area contributed by atoms with Gasteiger partial charge in [0.25, 0.3) is 5.69 Å². The van der Waals surface area contributed by atoms with Gasteiger partial charge in [0.05, 0.1) is 16.1 Å². The number of carboxylic acids is 1. The van der Waals surface area contributed by atoms with Crippen LogP contribution in [0.15, 0.2) is 30.3 Å². The molecular formula is C22H21Cl2NO6. The number of nitro groups is 1. The van der Waals surface area contributed by atoms with Crippen molar-refractivity contribution in [2.24, 2.45) is 0 Å². The SMILES string of the molecule is CC(C)(C)OC(=O)CCc1cc(Cl)c(C=Cc2ccc(C(=O)O)cc2[N+](=O)[O-])c(Cl)c1. The molecule has 0 fully saturated rings. The Labute approximate surface area is 189 Å². The van der Waals surface area contributed by atoms with Gasteiger partial charge in [-0.05, 0) is 63.1 Å². The van der Waals surface area contributed by atoms with E-state index in [4.69, 9.17) is 33.0 Å². The first-order valence-electron chi connectivity index (χ1n) is 9.27. The molecule has 0 saturated carbocycles. The van der Waals surface area contributed by atoms with E-state index < -0.39 is 16.5 Å². The van der Waals surface area contributed by atoms with Crippen LogP contribution in [0.25, 0.3) is 12.2 Å². The second kappa shape index (κ2) is 9.94. The van der Waals surface area contributed by atoms with Gasteiger partial charge in [-0.2, -0.15) is 0 Å². The molecule has 0 bridgehead atoms. The van der Waals surface area contributed by atoms with Gasteiger partial charge in [-0.3, -0.25) is 14.9 Å². The van der Waals surface area contributed by atoms with E-state index >= 15 is 0 Å². The molecule has 0 radical (unpaired) electrons. The number of aromatic carboxylic acids is 1. The predicted molar refractivity (Wildman–Crippen MR) is 120 cm³/mol. The molecule has 0 unspecified atom stereocenters. The molecule has 2 aromatic rings. The van der Waals surface area contributed by atoms with E-state index in [1.807, 2.05) is 0 Å². The Kier molecular flexibility index (Phi) is 7.81. The van der Waals surface area contributed by atoms with Crippen LogP contribution in [0.5, 0.6) is 0 Å². The molecule has 2 aromatic carbocycles. The molecule has 0 atom stereocenters. The summed E-state index contributed by atoms with van der Waals surface area (Å²) in [6, 6.07) is 6.94. The summed E-state index contributed by atoms with van der Waals surface area (Å²) in [5, 5.41) is 20.9. The Bertz CT molecular complexity index is 1030. The molecule has 0 saturated heterocycles. The largest absolute Gasteiger partial charge is 0.478 e. The van der Waals surface area contributed by atoms with Crippen molar-refractivity contribution in [1.29, 1.82) is 0 Å². The molecule has 0 aliphatic rings. The Morgan fingerprint density at radius 3 is 2.26 bits per heavy atom. The number of esters is 1. The van der Waals surface area contributed by atoms with Crippen LogP contribution >= 0.6 is 23.2 Å². The van der Waals surface area contributed by atoms with Gasteiger partial charge < -0.3 is 9.84 Å². The lowest BCUT2D eigenvalue weighted by Crippen LogP contribution is -2.24. The van der Waals surface area contributed by atoms with E-state index in [2.05, 4.69) is 0 Å². The summed E-state index contributed by atoms with van der Waals surface area (Å²) in [6.45, 7) is 5.37. The number of carboxylic acid groups (broad SMARTS) is 1. The van der Waals surface area contributed by atoms with Gasteiger partial charge in [-0.15, -0.1) is 0 Å². The standard InChI is InChI=1S/C22H21Cl2NO6/c1-22(2,3)31-20(26)9-4-13-10-17(23)16(18(24)11-13)8-7-14-5-6-15(21(27)28)12-19(14)25(29)30/h5-8,10-12H,4,9H2,1-3H3,(H,27,28). The second-order valence-corrected chi connectivity index (χ2v) is 8.54. The monoisotopic (exact) mass is 465 g/mol. The van der Waals surface area contributed by atoms with Crippen molar-refractivity contribution in [3.63, 3.8) is 0 Å². The van der Waals surface area contributed by atoms with Crippen LogP contribution in [-0.4, -0.2) is 27.6 Å². The van der Waals surface area contributed by atoms with E-state index in [0.29, 0.717) is 22.0 Å². The van der Waals surface area contributed by atoms with E-state index in [0.717, 1.165) is 11.6 Å². The maximum atomic E-state index is 11.9. The molecule has 1 N–H and O–H groups in total. The number of carbonyl (C=O) groups excluding carboxylic acids is 1. The highest BCUT2D eigenvalue weighted by Crippen LogP contribution is 2.30. The number of hydrogen-bond donors (Lipinski definition) is 1. The zero-order chi connectivity index (χ0) is 23.3. The van der Waals surface area contributed by atoms with Crippen molar-refractivity contribution >= 4 is 53.0 Å². The molecule has 0 aromatic heterocycles. The maximum Gasteiger partial charge on any atom is 0.335 e. The van der Waals surface area contributed by atoms with Gasteiger partial charge in [0, 0.05) is 28.1 Å². The van der Waals surface area contributed by atoms with Crippen LogP contribution in [0.4, 0.5) is 5.69 Å². The molecule has 0 aliphatic carbocycles. The summed E-state index contributed by atoms with van der Waals surface area (Å²) in [5.41, 5.74) is 0.297. The molecule has 0 amide bonds. The Morgan fingerprint density at radius 2 is 1.74 bits per heavy atom. The quantitative estimate of drug-likeness (QED) is 0.231. The lowest BCUT2D eigenvalue weighted by molar-refractivity contribution is -0.385. The summed E-state index contributed by atoms with van der Waals surface area (Å²) in [4.78, 5) is 33.6. The number of halogens is 2. The van der Waals surface area contributed by atoms with E-state index in [1.165, 1.54) is 24.3 Å². The Balaban J connectivity index is 2.23. The number of hydrogen-bond acceptors (Lipinski definition) is 5. The van der Waals surface area contributed by atoms with Crippen molar-refractivity contribution in [3.8, 4) is 0 Å². The van der Waals surface area contributed by atoms with E-state index in [9.17, 15) is 19.7 Å². The van der Waals surface area contributed by atoms with Crippen molar-refractivity contribution in [2.45, 2.75) is 39.2 Å². The smallest absolute Gasteiger partial charge is 0.335 e. The summed E-state index contributed by atoms with van der Waals surface area (Å²) >= 11 is 12.7. The molecule has 164 valence electrons. The van der Waals surface area contributed by atoms with Crippen LogP contribution in [0.3, 0.4) is 0 Å². The highest BCUT2D eigenvalue weighted by molar-refractivity contribution is 6.37. The highest BCUT2D eigenvalue weighted by atomic mass is 35.5. The fraction of sp³-hybridized carbons (Fsp3) is 0.273. The predicted octanol–water partition coefficient (Wildman–Crippen LogP) is 6.04. The molecule has 2 rings (SSSR count). The van der Waals surface area contributed by atoms with Gasteiger partial charge in [0.1, 0.15) is 5.60 Å². The third-order valence-corrected chi connectivity index (χ3v) is 4.71. The minimum atomic E-state index is -1.26. The lowest BCUT2D eigenvalue weighted by Gasteiger charge is -2.19. The zero-order valence-electron chi connectivity index (χ0n) is 17.1. The average Bonchev–Trinajstić information content (AvgIpc) is 2.64. The normalized spacial score (nSPS) is 11.5. The number of nitro benzene ring substituents is 1. The number of rotatable bonds is 7. The first-order valence-corrected chi connectivity index (χ1v) is 10.0. The first-order chi connectivity index (χ1) is 14.4. The van der Waals surface area contributed by atoms with Crippen LogP contribution in [0.2, 0.25) is 10.0 Å². The summed E-state index contributed by atoms with van der Waals surface area (Å²) in [6.07, 6.45) is 3.52. The number of nitrogens with zero attached hydrogens (tertiary/aromatic N) is 1. The summed E-state index contributed by atoms with van der Waals surface area (Å²) in [7, 11) is 0. The first kappa shape index (κ1) is 24.4. The molecule has 31 heavy (non-hydrogen) atoms. The minimum absolute atomic E-state index is 0.168. The third kappa shape index (κ3) is 7.08.